The molecule has 0 aliphatic carbocycles. The maximum atomic E-state index is 13.2. The second-order valence-corrected chi connectivity index (χ2v) is 9.61. The van der Waals surface area contributed by atoms with Crippen LogP contribution < -0.4 is 4.72 Å². The molecule has 0 amide bonds. The third-order valence-corrected chi connectivity index (χ3v) is 6.21. The predicted octanol–water partition coefficient (Wildman–Crippen LogP) is 4.62. The number of benzene rings is 2. The van der Waals surface area contributed by atoms with Crippen LogP contribution in [-0.2, 0) is 23.0 Å². The second-order valence-electron chi connectivity index (χ2n) is 6.96. The van der Waals surface area contributed by atoms with Crippen molar-refractivity contribution >= 4 is 49.9 Å². The minimum Gasteiger partial charge on any atom is -0.343 e. The first-order valence-corrected chi connectivity index (χ1v) is 11.8. The number of nitrogens with zero attached hydrogens (tertiary/aromatic N) is 1. The quantitative estimate of drug-likeness (QED) is 0.400. The lowest BCUT2D eigenvalue weighted by atomic mass is 10.0. The Hall–Kier alpha value is -1.86. The first-order chi connectivity index (χ1) is 13.7. The van der Waals surface area contributed by atoms with Gasteiger partial charge < -0.3 is 4.57 Å². The van der Waals surface area contributed by atoms with Crippen LogP contribution in [-0.4, -0.2) is 31.6 Å². The van der Waals surface area contributed by atoms with Gasteiger partial charge in [0.2, 0.25) is 10.0 Å². The molecule has 8 heteroatoms. The number of ketones is 1. The Labute approximate surface area is 180 Å². The van der Waals surface area contributed by atoms with Crippen LogP contribution >= 0.6 is 23.2 Å². The largest absolute Gasteiger partial charge is 0.343 e. The standard InChI is InChI=1S/C21H22Cl2N2O3S/c1-14-20(19(26)13-15-7-3-4-9-17(15)22)16-8-5-10-18(23)21(16)25(14)12-6-11-24-29(2,27)28/h3-5,7-10,24H,6,11-13H2,1-2H3. The molecule has 5 nitrogen and oxygen atoms in total. The average Bonchev–Trinajstić information content (AvgIpc) is 2.93. The lowest BCUT2D eigenvalue weighted by molar-refractivity contribution is 0.0993. The Morgan fingerprint density at radius 1 is 1.07 bits per heavy atom. The molecule has 154 valence electrons. The number of hydrogen-bond donors (Lipinski definition) is 1. The van der Waals surface area contributed by atoms with E-state index >= 15 is 0 Å². The minimum atomic E-state index is -3.24. The van der Waals surface area contributed by atoms with Crippen LogP contribution in [0.3, 0.4) is 0 Å². The highest BCUT2D eigenvalue weighted by atomic mass is 35.5. The molecule has 0 unspecified atom stereocenters. The van der Waals surface area contributed by atoms with Gasteiger partial charge in [-0.15, -0.1) is 0 Å². The van der Waals surface area contributed by atoms with Crippen molar-refractivity contribution in [2.24, 2.45) is 0 Å². The zero-order chi connectivity index (χ0) is 21.2. The summed E-state index contributed by atoms with van der Waals surface area (Å²) in [5.74, 6) is -0.0316. The van der Waals surface area contributed by atoms with E-state index in [0.717, 1.165) is 28.4 Å². The van der Waals surface area contributed by atoms with Crippen LogP contribution in [0.5, 0.6) is 0 Å². The fourth-order valence-corrected chi connectivity index (χ4v) is 4.51. The van der Waals surface area contributed by atoms with E-state index in [-0.39, 0.29) is 12.2 Å². The van der Waals surface area contributed by atoms with Crippen molar-refractivity contribution < 1.29 is 13.2 Å². The van der Waals surface area contributed by atoms with Crippen molar-refractivity contribution in [3.63, 3.8) is 0 Å². The van der Waals surface area contributed by atoms with Gasteiger partial charge in [0.25, 0.3) is 0 Å². The molecule has 0 atom stereocenters. The van der Waals surface area contributed by atoms with E-state index in [1.807, 2.05) is 41.8 Å². The van der Waals surface area contributed by atoms with E-state index in [1.165, 1.54) is 0 Å². The maximum Gasteiger partial charge on any atom is 0.208 e. The summed E-state index contributed by atoms with van der Waals surface area (Å²) in [6, 6.07) is 12.8. The van der Waals surface area contributed by atoms with Gasteiger partial charge in [-0.2, -0.15) is 0 Å². The van der Waals surface area contributed by atoms with E-state index in [0.29, 0.717) is 35.1 Å². The number of carbonyl (C=O) groups excluding carboxylic acids is 1. The van der Waals surface area contributed by atoms with Gasteiger partial charge in [-0.25, -0.2) is 13.1 Å². The SMILES string of the molecule is Cc1c(C(=O)Cc2ccccc2Cl)c2cccc(Cl)c2n1CCCNS(C)(=O)=O. The van der Waals surface area contributed by atoms with E-state index in [1.54, 1.807) is 12.1 Å². The Balaban J connectivity index is 1.95. The molecule has 0 spiro atoms. The molecule has 3 aromatic rings. The number of fused-ring (bicyclic) bond motifs is 1. The minimum absolute atomic E-state index is 0.0316. The summed E-state index contributed by atoms with van der Waals surface area (Å²) in [6.45, 7) is 2.74. The maximum absolute atomic E-state index is 13.2. The van der Waals surface area contributed by atoms with Gasteiger partial charge in [0, 0.05) is 41.2 Å². The molecule has 3 rings (SSSR count). The molecule has 0 saturated heterocycles. The molecule has 0 aliphatic heterocycles. The topological polar surface area (TPSA) is 68.2 Å². The molecular formula is C21H22Cl2N2O3S. The van der Waals surface area contributed by atoms with E-state index in [2.05, 4.69) is 4.72 Å². The van der Waals surface area contributed by atoms with Crippen molar-refractivity contribution in [1.29, 1.82) is 0 Å². The van der Waals surface area contributed by atoms with Gasteiger partial charge in [0.05, 0.1) is 16.8 Å². The number of hydrogen-bond acceptors (Lipinski definition) is 3. The molecule has 1 N–H and O–H groups in total. The highest BCUT2D eigenvalue weighted by Crippen LogP contribution is 2.32. The molecule has 1 aromatic heterocycles. The normalized spacial score (nSPS) is 11.9. The van der Waals surface area contributed by atoms with Crippen molar-refractivity contribution in [2.45, 2.75) is 26.3 Å². The van der Waals surface area contributed by atoms with E-state index in [4.69, 9.17) is 23.2 Å². The first-order valence-electron chi connectivity index (χ1n) is 9.17. The zero-order valence-electron chi connectivity index (χ0n) is 16.2. The number of aryl methyl sites for hydroxylation is 1. The number of rotatable bonds is 8. The van der Waals surface area contributed by atoms with Crippen molar-refractivity contribution in [3.05, 3.63) is 69.3 Å². The Morgan fingerprint density at radius 3 is 2.45 bits per heavy atom. The Bertz CT molecular complexity index is 1170. The van der Waals surface area contributed by atoms with Gasteiger partial charge in [-0.05, 0) is 31.0 Å². The fourth-order valence-electron chi connectivity index (χ4n) is 3.52. The number of halogens is 2. The lowest BCUT2D eigenvalue weighted by Crippen LogP contribution is -2.24. The molecule has 0 saturated carbocycles. The average molecular weight is 453 g/mol. The summed E-state index contributed by atoms with van der Waals surface area (Å²) >= 11 is 12.7. The first kappa shape index (κ1) is 21.8. The van der Waals surface area contributed by atoms with Gasteiger partial charge in [-0.1, -0.05) is 53.5 Å². The van der Waals surface area contributed by atoms with Crippen molar-refractivity contribution in [1.82, 2.24) is 9.29 Å². The summed E-state index contributed by atoms with van der Waals surface area (Å²) < 4.78 is 27.0. The summed E-state index contributed by atoms with van der Waals surface area (Å²) in [6.07, 6.45) is 1.90. The number of para-hydroxylation sites is 1. The monoisotopic (exact) mass is 452 g/mol. The third-order valence-electron chi connectivity index (χ3n) is 4.80. The van der Waals surface area contributed by atoms with Crippen LogP contribution in [0, 0.1) is 6.92 Å². The van der Waals surface area contributed by atoms with Gasteiger partial charge in [0.1, 0.15) is 0 Å². The third kappa shape index (κ3) is 5.01. The van der Waals surface area contributed by atoms with Gasteiger partial charge in [0.15, 0.2) is 5.78 Å². The molecular weight excluding hydrogens is 431 g/mol. The number of carbonyl (C=O) groups is 1. The van der Waals surface area contributed by atoms with Crippen LogP contribution in [0.1, 0.15) is 28.0 Å². The van der Waals surface area contributed by atoms with E-state index < -0.39 is 10.0 Å². The highest BCUT2D eigenvalue weighted by molar-refractivity contribution is 7.88. The summed E-state index contributed by atoms with van der Waals surface area (Å²) in [5, 5.41) is 1.91. The molecule has 2 aromatic carbocycles. The lowest BCUT2D eigenvalue weighted by Gasteiger charge is -2.10. The summed E-state index contributed by atoms with van der Waals surface area (Å²) in [4.78, 5) is 13.2. The summed E-state index contributed by atoms with van der Waals surface area (Å²) in [7, 11) is -3.24. The Kier molecular flexibility index (Phi) is 6.69. The molecule has 0 fully saturated rings. The molecule has 29 heavy (non-hydrogen) atoms. The zero-order valence-corrected chi connectivity index (χ0v) is 18.5. The predicted molar refractivity (Wildman–Crippen MR) is 119 cm³/mol. The van der Waals surface area contributed by atoms with Gasteiger partial charge >= 0.3 is 0 Å². The molecule has 0 radical (unpaired) electrons. The smallest absolute Gasteiger partial charge is 0.208 e. The molecule has 0 bridgehead atoms. The van der Waals surface area contributed by atoms with Crippen molar-refractivity contribution in [3.8, 4) is 0 Å². The van der Waals surface area contributed by atoms with Gasteiger partial charge in [-0.3, -0.25) is 4.79 Å². The number of aromatic nitrogens is 1. The van der Waals surface area contributed by atoms with Crippen LogP contribution in [0.15, 0.2) is 42.5 Å². The number of sulfonamides is 1. The van der Waals surface area contributed by atoms with Crippen LogP contribution in [0.4, 0.5) is 0 Å². The molecule has 0 aliphatic rings. The van der Waals surface area contributed by atoms with Crippen LogP contribution in [0.25, 0.3) is 10.9 Å². The van der Waals surface area contributed by atoms with Crippen molar-refractivity contribution in [2.75, 3.05) is 12.8 Å². The Morgan fingerprint density at radius 2 is 1.76 bits per heavy atom. The van der Waals surface area contributed by atoms with E-state index in [9.17, 15) is 13.2 Å². The fraction of sp³-hybridized carbons (Fsp3) is 0.286. The van der Waals surface area contributed by atoms with Crippen LogP contribution in [0.2, 0.25) is 10.0 Å². The molecule has 1 heterocycles. The number of Topliss-reactive ketones (excluding diaryl/α,β-unsaturated/α-hetero) is 1. The second kappa shape index (κ2) is 8.88. The summed E-state index contributed by atoms with van der Waals surface area (Å²) in [5.41, 5.74) is 3.00. The number of nitrogens with one attached hydrogen (secondary N) is 1. The highest BCUT2D eigenvalue weighted by Gasteiger charge is 2.22.